The van der Waals surface area contributed by atoms with Crippen molar-refractivity contribution in [3.63, 3.8) is 0 Å². The second kappa shape index (κ2) is 8.54. The van der Waals surface area contributed by atoms with Crippen LogP contribution in [0.4, 0.5) is 23.7 Å². The first kappa shape index (κ1) is 23.7. The van der Waals surface area contributed by atoms with Crippen molar-refractivity contribution in [1.29, 1.82) is 0 Å². The molecule has 33 heavy (non-hydrogen) atoms. The second-order valence-corrected chi connectivity index (χ2v) is 7.21. The van der Waals surface area contributed by atoms with E-state index in [0.717, 1.165) is 15.9 Å². The number of urea groups is 1. The molecule has 0 unspecified atom stereocenters. The van der Waals surface area contributed by atoms with Gasteiger partial charge >= 0.3 is 17.9 Å². The van der Waals surface area contributed by atoms with Crippen molar-refractivity contribution in [3.05, 3.63) is 68.2 Å². The third kappa shape index (κ3) is 4.65. The molecule has 13 heteroatoms. The van der Waals surface area contributed by atoms with Gasteiger partial charge in [0.15, 0.2) is 0 Å². The van der Waals surface area contributed by atoms with E-state index in [2.05, 4.69) is 0 Å². The maximum Gasteiger partial charge on any atom is 0.416 e. The van der Waals surface area contributed by atoms with Crippen molar-refractivity contribution in [2.24, 2.45) is 0 Å². The predicted octanol–water partition coefficient (Wildman–Crippen LogP) is 4.49. The molecule has 0 radical (unpaired) electrons. The molecule has 1 heterocycles. The zero-order valence-electron chi connectivity index (χ0n) is 16.8. The predicted molar refractivity (Wildman–Crippen MR) is 109 cm³/mol. The van der Waals surface area contributed by atoms with E-state index in [0.29, 0.717) is 12.1 Å². The minimum Gasteiger partial charge on any atom is -0.449 e. The number of barbiturate groups is 1. The van der Waals surface area contributed by atoms with Crippen molar-refractivity contribution in [2.75, 3.05) is 14.1 Å². The van der Waals surface area contributed by atoms with Crippen molar-refractivity contribution >= 4 is 41.2 Å². The average molecular weight is 484 g/mol. The Bertz CT molecular complexity index is 1200. The molecule has 0 aliphatic carbocycles. The summed E-state index contributed by atoms with van der Waals surface area (Å²) < 4.78 is 43.9. The number of carbonyl (C=O) groups excluding carboxylic acids is 3. The minimum atomic E-state index is -4.78. The van der Waals surface area contributed by atoms with Crippen LogP contribution in [0.2, 0.25) is 5.02 Å². The largest absolute Gasteiger partial charge is 0.449 e. The lowest BCUT2D eigenvalue weighted by Crippen LogP contribution is -2.52. The summed E-state index contributed by atoms with van der Waals surface area (Å²) in [7, 11) is 2.42. The van der Waals surface area contributed by atoms with Crippen LogP contribution in [0.1, 0.15) is 11.1 Å². The highest BCUT2D eigenvalue weighted by Gasteiger charge is 2.38. The van der Waals surface area contributed by atoms with Crippen LogP contribution in [-0.4, -0.2) is 46.7 Å². The summed E-state index contributed by atoms with van der Waals surface area (Å²) in [5.74, 6) is -2.23. The van der Waals surface area contributed by atoms with Crippen molar-refractivity contribution in [3.8, 4) is 11.5 Å². The van der Waals surface area contributed by atoms with Gasteiger partial charge in [-0.3, -0.25) is 29.5 Å². The van der Waals surface area contributed by atoms with E-state index in [4.69, 9.17) is 16.3 Å². The van der Waals surface area contributed by atoms with Gasteiger partial charge in [0.1, 0.15) is 11.3 Å². The molecule has 0 atom stereocenters. The number of nitro groups is 1. The summed E-state index contributed by atoms with van der Waals surface area (Å²) >= 11 is 6.14. The SMILES string of the molecule is CN1C(=O)C(=Cc2ccc(Oc3ccc(C(F)(F)F)cc3[N+](=O)[O-])c(Cl)c2)C(=O)N(C)C1=O. The first-order valence-corrected chi connectivity index (χ1v) is 9.34. The molecule has 0 saturated carbocycles. The Morgan fingerprint density at radius 3 is 2.09 bits per heavy atom. The van der Waals surface area contributed by atoms with E-state index in [9.17, 15) is 37.7 Å². The van der Waals surface area contributed by atoms with Gasteiger partial charge in [0.25, 0.3) is 11.8 Å². The van der Waals surface area contributed by atoms with Crippen LogP contribution in [0.15, 0.2) is 42.0 Å². The number of rotatable bonds is 4. The number of alkyl halides is 3. The zero-order valence-corrected chi connectivity index (χ0v) is 17.6. The molecular formula is C20H13ClF3N3O6. The van der Waals surface area contributed by atoms with E-state index in [-0.39, 0.29) is 21.9 Å². The number of nitro benzene ring substituents is 1. The number of hydrogen-bond donors (Lipinski definition) is 0. The number of carbonyl (C=O) groups is 3. The van der Waals surface area contributed by atoms with Crippen molar-refractivity contribution in [2.45, 2.75) is 6.18 Å². The molecule has 0 spiro atoms. The number of imide groups is 2. The first-order valence-electron chi connectivity index (χ1n) is 8.96. The molecule has 1 saturated heterocycles. The smallest absolute Gasteiger partial charge is 0.416 e. The Labute approximate surface area is 188 Å². The molecule has 3 rings (SSSR count). The highest BCUT2D eigenvalue weighted by Crippen LogP contribution is 2.39. The average Bonchev–Trinajstić information content (AvgIpc) is 2.75. The summed E-state index contributed by atoms with van der Waals surface area (Å²) in [6, 6.07) is 4.88. The first-order chi connectivity index (χ1) is 15.3. The fourth-order valence-corrected chi connectivity index (χ4v) is 3.10. The summed E-state index contributed by atoms with van der Waals surface area (Å²) in [5, 5.41) is 11.1. The van der Waals surface area contributed by atoms with Crippen LogP contribution >= 0.6 is 11.6 Å². The van der Waals surface area contributed by atoms with Crippen LogP contribution in [0.3, 0.4) is 0 Å². The van der Waals surface area contributed by atoms with E-state index >= 15 is 0 Å². The zero-order chi connectivity index (χ0) is 24.7. The van der Waals surface area contributed by atoms with Gasteiger partial charge in [-0.05, 0) is 35.9 Å². The molecule has 0 N–H and O–H groups in total. The highest BCUT2D eigenvalue weighted by molar-refractivity contribution is 6.33. The van der Waals surface area contributed by atoms with Crippen LogP contribution < -0.4 is 4.74 Å². The van der Waals surface area contributed by atoms with Gasteiger partial charge < -0.3 is 4.74 Å². The number of likely N-dealkylation sites (N-methyl/N-ethyl adjacent to an activating group) is 2. The number of ether oxygens (including phenoxy) is 1. The van der Waals surface area contributed by atoms with E-state index in [1.807, 2.05) is 0 Å². The second-order valence-electron chi connectivity index (χ2n) is 6.80. The van der Waals surface area contributed by atoms with E-state index in [1.54, 1.807) is 0 Å². The Hall–Kier alpha value is -3.93. The van der Waals surface area contributed by atoms with Crippen LogP contribution in [0.5, 0.6) is 11.5 Å². The van der Waals surface area contributed by atoms with Gasteiger partial charge in [0.05, 0.1) is 15.5 Å². The van der Waals surface area contributed by atoms with Gasteiger partial charge in [-0.15, -0.1) is 0 Å². The summed E-state index contributed by atoms with van der Waals surface area (Å²) in [5.41, 5.74) is -2.17. The summed E-state index contributed by atoms with van der Waals surface area (Å²) in [6.45, 7) is 0. The molecule has 1 aliphatic rings. The molecular weight excluding hydrogens is 471 g/mol. The Morgan fingerprint density at radius 1 is 1.00 bits per heavy atom. The minimum absolute atomic E-state index is 0.105. The van der Waals surface area contributed by atoms with Gasteiger partial charge in [0, 0.05) is 20.2 Å². The third-order valence-electron chi connectivity index (χ3n) is 4.61. The summed E-state index contributed by atoms with van der Waals surface area (Å²) in [4.78, 5) is 48.1. The van der Waals surface area contributed by atoms with Gasteiger partial charge in [-0.2, -0.15) is 13.2 Å². The number of benzene rings is 2. The maximum absolute atomic E-state index is 12.9. The highest BCUT2D eigenvalue weighted by atomic mass is 35.5. The number of amides is 4. The number of halogens is 4. The fourth-order valence-electron chi connectivity index (χ4n) is 2.87. The molecule has 1 aliphatic heterocycles. The Kier molecular flexibility index (Phi) is 6.14. The molecule has 2 aromatic carbocycles. The van der Waals surface area contributed by atoms with E-state index in [1.165, 1.54) is 38.4 Å². The fraction of sp³-hybridized carbons (Fsp3) is 0.150. The maximum atomic E-state index is 12.9. The lowest BCUT2D eigenvalue weighted by molar-refractivity contribution is -0.385. The Morgan fingerprint density at radius 2 is 1.58 bits per heavy atom. The quantitative estimate of drug-likeness (QED) is 0.274. The topological polar surface area (TPSA) is 110 Å². The number of nitrogens with zero attached hydrogens (tertiary/aromatic N) is 3. The molecule has 1 fully saturated rings. The monoisotopic (exact) mass is 483 g/mol. The van der Waals surface area contributed by atoms with Crippen LogP contribution in [0.25, 0.3) is 6.08 Å². The standard InChI is InChI=1S/C20H13ClF3N3O6/c1-25-17(28)12(18(29)26(2)19(25)30)7-10-3-5-15(13(21)8-10)33-16-6-4-11(20(22,23)24)9-14(16)27(31)32/h3-9H,1-2H3. The van der Waals surface area contributed by atoms with Gasteiger partial charge in [0.2, 0.25) is 5.75 Å². The van der Waals surface area contributed by atoms with Crippen LogP contribution in [-0.2, 0) is 15.8 Å². The Balaban J connectivity index is 1.93. The van der Waals surface area contributed by atoms with E-state index < -0.39 is 45.9 Å². The van der Waals surface area contributed by atoms with Gasteiger partial charge in [-0.25, -0.2) is 4.79 Å². The third-order valence-corrected chi connectivity index (χ3v) is 4.91. The van der Waals surface area contributed by atoms with Crippen molar-refractivity contribution in [1.82, 2.24) is 9.80 Å². The normalized spacial score (nSPS) is 14.6. The lowest BCUT2D eigenvalue weighted by atomic mass is 10.1. The molecule has 4 amide bonds. The molecule has 9 nitrogen and oxygen atoms in total. The van der Waals surface area contributed by atoms with Gasteiger partial charge in [-0.1, -0.05) is 17.7 Å². The van der Waals surface area contributed by atoms with Crippen molar-refractivity contribution < 1.29 is 37.2 Å². The lowest BCUT2D eigenvalue weighted by Gasteiger charge is -2.28. The molecule has 0 bridgehead atoms. The molecule has 172 valence electrons. The van der Waals surface area contributed by atoms with Crippen LogP contribution in [0, 0.1) is 10.1 Å². The molecule has 2 aromatic rings. The molecule has 0 aromatic heterocycles. The number of hydrogen-bond acceptors (Lipinski definition) is 6. The summed E-state index contributed by atoms with van der Waals surface area (Å²) in [6.07, 6.45) is -3.59.